The summed E-state index contributed by atoms with van der Waals surface area (Å²) in [4.78, 5) is 34.6. The van der Waals surface area contributed by atoms with E-state index in [0.29, 0.717) is 11.4 Å². The Morgan fingerprint density at radius 1 is 1.08 bits per heavy atom. The van der Waals surface area contributed by atoms with Gasteiger partial charge in [-0.15, -0.1) is 13.2 Å². The Kier molecular flexibility index (Phi) is 7.20. The number of hydrogen-bond acceptors (Lipinski definition) is 8. The van der Waals surface area contributed by atoms with Gasteiger partial charge in [-0.1, -0.05) is 12.1 Å². The molecule has 0 aliphatic rings. The molecule has 0 unspecified atom stereocenters. The first-order valence-electron chi connectivity index (χ1n) is 10.9. The summed E-state index contributed by atoms with van der Waals surface area (Å²) in [7, 11) is 2.89. The van der Waals surface area contributed by atoms with Crippen LogP contribution < -0.4 is 25.5 Å². The van der Waals surface area contributed by atoms with Crippen LogP contribution in [0.3, 0.4) is 0 Å². The molecule has 0 atom stereocenters. The maximum atomic E-state index is 13.4. The van der Waals surface area contributed by atoms with Crippen molar-refractivity contribution < 1.29 is 32.5 Å². The van der Waals surface area contributed by atoms with E-state index >= 15 is 0 Å². The molecule has 1 aromatic carbocycles. The van der Waals surface area contributed by atoms with Crippen LogP contribution in [0.2, 0.25) is 0 Å². The quantitative estimate of drug-likeness (QED) is 0.356. The molecule has 0 aliphatic carbocycles. The van der Waals surface area contributed by atoms with Gasteiger partial charge in [0.25, 0.3) is 5.56 Å². The lowest BCUT2D eigenvalue weighted by Gasteiger charge is -2.12. The lowest BCUT2D eigenvalue weighted by Crippen LogP contribution is -2.39. The van der Waals surface area contributed by atoms with Crippen LogP contribution >= 0.6 is 0 Å². The number of aromatic nitrogens is 5. The fourth-order valence-electron chi connectivity index (χ4n) is 3.65. The molecular weight excluding hydrogens is 499 g/mol. The monoisotopic (exact) mass is 521 g/mol. The molecule has 0 bridgehead atoms. The average Bonchev–Trinajstić information content (AvgIpc) is 3.20. The highest BCUT2D eigenvalue weighted by molar-refractivity contribution is 5.72. The van der Waals surface area contributed by atoms with Crippen LogP contribution in [0.5, 0.6) is 23.4 Å². The first-order chi connectivity index (χ1) is 17.6. The van der Waals surface area contributed by atoms with Gasteiger partial charge in [0.1, 0.15) is 11.5 Å². The number of halogens is 3. The van der Waals surface area contributed by atoms with Crippen LogP contribution in [0.15, 0.2) is 52.2 Å². The first-order valence-corrected chi connectivity index (χ1v) is 10.9. The largest absolute Gasteiger partial charge is 0.573 e. The highest BCUT2D eigenvalue weighted by atomic mass is 19.4. The molecule has 4 rings (SSSR count). The molecule has 0 aliphatic heterocycles. The van der Waals surface area contributed by atoms with E-state index < -0.39 is 23.4 Å². The maximum Gasteiger partial charge on any atom is 0.573 e. The van der Waals surface area contributed by atoms with Gasteiger partial charge in [0.05, 0.1) is 13.7 Å². The molecule has 0 amide bonds. The van der Waals surface area contributed by atoms with Crippen LogP contribution in [0.1, 0.15) is 12.0 Å². The smallest absolute Gasteiger partial charge is 0.481 e. The van der Waals surface area contributed by atoms with Crippen molar-refractivity contribution in [2.45, 2.75) is 25.9 Å². The third-order valence-electron chi connectivity index (χ3n) is 5.33. The Balaban J connectivity index is 1.86. The van der Waals surface area contributed by atoms with E-state index in [0.717, 1.165) is 21.3 Å². The molecule has 0 spiro atoms. The molecule has 14 heteroatoms. The second kappa shape index (κ2) is 10.3. The number of imidazole rings is 1. The summed E-state index contributed by atoms with van der Waals surface area (Å²) in [5, 5.41) is 9.19. The van der Waals surface area contributed by atoms with E-state index in [9.17, 15) is 27.9 Å². The van der Waals surface area contributed by atoms with E-state index in [4.69, 9.17) is 9.47 Å². The Morgan fingerprint density at radius 2 is 1.84 bits per heavy atom. The van der Waals surface area contributed by atoms with Crippen molar-refractivity contribution in [1.82, 2.24) is 23.7 Å². The summed E-state index contributed by atoms with van der Waals surface area (Å²) < 4.78 is 56.4. The molecule has 1 N–H and O–H groups in total. The number of benzene rings is 1. The van der Waals surface area contributed by atoms with Crippen molar-refractivity contribution in [2.75, 3.05) is 13.7 Å². The lowest BCUT2D eigenvalue weighted by molar-refractivity contribution is -0.274. The van der Waals surface area contributed by atoms with E-state index in [1.165, 1.54) is 37.1 Å². The van der Waals surface area contributed by atoms with Gasteiger partial charge < -0.3 is 19.3 Å². The minimum absolute atomic E-state index is 0.00872. The molecule has 11 nitrogen and oxygen atoms in total. The summed E-state index contributed by atoms with van der Waals surface area (Å²) in [5.41, 5.74) is -0.657. The third kappa shape index (κ3) is 5.58. The minimum atomic E-state index is -4.90. The standard InChI is InChI=1S/C23H22F3N5O6/c1-29-19-18(20(33)30(22(29)34)9-4-10-32)31(13-14-7-8-17(35-2)27-12-14)21(28-19)36-15-5-3-6-16(11-15)37-23(24,25)26/h3,5-8,11-12,32H,4,9-10,13H2,1-2H3. The summed E-state index contributed by atoms with van der Waals surface area (Å²) in [5.74, 6) is -0.187. The van der Waals surface area contributed by atoms with Crippen molar-refractivity contribution in [3.8, 4) is 23.4 Å². The summed E-state index contributed by atoms with van der Waals surface area (Å²) in [6.07, 6.45) is -3.21. The van der Waals surface area contributed by atoms with Gasteiger partial charge in [-0.3, -0.25) is 18.5 Å². The molecule has 0 saturated heterocycles. The molecular formula is C23H22F3N5O6. The van der Waals surface area contributed by atoms with Crippen LogP contribution in [-0.2, 0) is 20.1 Å². The zero-order valence-electron chi connectivity index (χ0n) is 19.7. The van der Waals surface area contributed by atoms with E-state index in [2.05, 4.69) is 14.7 Å². The van der Waals surface area contributed by atoms with Gasteiger partial charge in [-0.05, 0) is 24.1 Å². The Bertz CT molecular complexity index is 1530. The molecule has 3 heterocycles. The minimum Gasteiger partial charge on any atom is -0.481 e. The number of aliphatic hydroxyl groups is 1. The normalized spacial score (nSPS) is 11.6. The summed E-state index contributed by atoms with van der Waals surface area (Å²) >= 11 is 0. The SMILES string of the molecule is COc1ccc(Cn2c(Oc3cccc(OC(F)(F)F)c3)nc3c2c(=O)n(CCCO)c(=O)n3C)cn1. The van der Waals surface area contributed by atoms with Gasteiger partial charge in [-0.25, -0.2) is 9.78 Å². The Hall–Kier alpha value is -4.33. The predicted molar refractivity (Wildman–Crippen MR) is 124 cm³/mol. The zero-order valence-corrected chi connectivity index (χ0v) is 19.7. The number of pyridine rings is 1. The predicted octanol–water partition coefficient (Wildman–Crippen LogP) is 2.42. The van der Waals surface area contributed by atoms with Crippen LogP contribution in [0.4, 0.5) is 13.2 Å². The van der Waals surface area contributed by atoms with Gasteiger partial charge >= 0.3 is 18.1 Å². The Morgan fingerprint density at radius 3 is 2.49 bits per heavy atom. The van der Waals surface area contributed by atoms with Gasteiger partial charge in [0, 0.05) is 38.5 Å². The number of ether oxygens (including phenoxy) is 3. The first kappa shape index (κ1) is 25.8. The van der Waals surface area contributed by atoms with Crippen molar-refractivity contribution in [1.29, 1.82) is 0 Å². The number of fused-ring (bicyclic) bond motifs is 1. The van der Waals surface area contributed by atoms with Gasteiger partial charge in [-0.2, -0.15) is 4.98 Å². The highest BCUT2D eigenvalue weighted by Crippen LogP contribution is 2.30. The molecule has 4 aromatic rings. The lowest BCUT2D eigenvalue weighted by atomic mass is 10.3. The van der Waals surface area contributed by atoms with E-state index in [1.807, 2.05) is 0 Å². The van der Waals surface area contributed by atoms with E-state index in [-0.39, 0.29) is 49.0 Å². The average molecular weight is 521 g/mol. The van der Waals surface area contributed by atoms with Crippen molar-refractivity contribution >= 4 is 11.2 Å². The molecule has 37 heavy (non-hydrogen) atoms. The van der Waals surface area contributed by atoms with Crippen molar-refractivity contribution in [3.63, 3.8) is 0 Å². The van der Waals surface area contributed by atoms with Crippen LogP contribution in [0.25, 0.3) is 11.2 Å². The fourth-order valence-corrected chi connectivity index (χ4v) is 3.65. The summed E-state index contributed by atoms with van der Waals surface area (Å²) in [6, 6.07) is 7.98. The van der Waals surface area contributed by atoms with Crippen molar-refractivity contribution in [3.05, 3.63) is 69.0 Å². The van der Waals surface area contributed by atoms with Gasteiger partial charge in [0.2, 0.25) is 5.88 Å². The zero-order chi connectivity index (χ0) is 26.7. The van der Waals surface area contributed by atoms with Crippen LogP contribution in [0, 0.1) is 0 Å². The number of hydrogen-bond donors (Lipinski definition) is 1. The maximum absolute atomic E-state index is 13.4. The molecule has 196 valence electrons. The molecule has 3 aromatic heterocycles. The second-order valence-electron chi connectivity index (χ2n) is 7.86. The number of aliphatic hydroxyl groups excluding tert-OH is 1. The third-order valence-corrected chi connectivity index (χ3v) is 5.33. The van der Waals surface area contributed by atoms with Crippen LogP contribution in [-0.4, -0.2) is 48.9 Å². The Labute approximate surface area is 206 Å². The highest BCUT2D eigenvalue weighted by Gasteiger charge is 2.31. The molecule has 0 fully saturated rings. The molecule has 0 radical (unpaired) electrons. The van der Waals surface area contributed by atoms with Crippen molar-refractivity contribution in [2.24, 2.45) is 7.05 Å². The number of methoxy groups -OCH3 is 1. The number of rotatable bonds is 9. The second-order valence-corrected chi connectivity index (χ2v) is 7.86. The molecule has 0 saturated carbocycles. The van der Waals surface area contributed by atoms with Gasteiger partial charge in [0.15, 0.2) is 11.2 Å². The fraction of sp³-hybridized carbons (Fsp3) is 0.304. The summed E-state index contributed by atoms with van der Waals surface area (Å²) in [6.45, 7) is -0.232. The van der Waals surface area contributed by atoms with E-state index in [1.54, 1.807) is 12.1 Å². The number of nitrogens with zero attached hydrogens (tertiary/aromatic N) is 5. The number of aryl methyl sites for hydroxylation is 1. The number of alkyl halides is 3. The topological polar surface area (TPSA) is 123 Å².